The van der Waals surface area contributed by atoms with Crippen LogP contribution < -0.4 is 5.73 Å². The van der Waals surface area contributed by atoms with E-state index in [9.17, 15) is 9.59 Å². The SMILES string of the molecule is CC(=O)N1CCCN(C2CCCCC(C(C)C(N)=O)C2)CC1. The smallest absolute Gasteiger partial charge is 0.220 e. The lowest BCUT2D eigenvalue weighted by Gasteiger charge is -2.32. The highest BCUT2D eigenvalue weighted by molar-refractivity contribution is 5.76. The van der Waals surface area contributed by atoms with Gasteiger partial charge in [-0.25, -0.2) is 0 Å². The first-order valence-corrected chi connectivity index (χ1v) is 8.78. The van der Waals surface area contributed by atoms with Crippen LogP contribution in [0.4, 0.5) is 0 Å². The Labute approximate surface area is 134 Å². The molecule has 5 heteroatoms. The van der Waals surface area contributed by atoms with Gasteiger partial charge in [-0.2, -0.15) is 0 Å². The molecule has 2 N–H and O–H groups in total. The number of hydrogen-bond acceptors (Lipinski definition) is 3. The number of carbonyl (C=O) groups excluding carboxylic acids is 2. The van der Waals surface area contributed by atoms with Gasteiger partial charge < -0.3 is 10.6 Å². The molecule has 1 saturated heterocycles. The Hall–Kier alpha value is -1.10. The van der Waals surface area contributed by atoms with Crippen LogP contribution in [0.15, 0.2) is 0 Å². The molecule has 2 rings (SSSR count). The van der Waals surface area contributed by atoms with Crippen LogP contribution in [-0.2, 0) is 9.59 Å². The number of nitrogens with two attached hydrogens (primary N) is 1. The van der Waals surface area contributed by atoms with E-state index >= 15 is 0 Å². The number of hydrogen-bond donors (Lipinski definition) is 1. The molecule has 0 bridgehead atoms. The summed E-state index contributed by atoms with van der Waals surface area (Å²) in [5.41, 5.74) is 5.52. The van der Waals surface area contributed by atoms with Crippen molar-refractivity contribution in [3.63, 3.8) is 0 Å². The van der Waals surface area contributed by atoms with Crippen LogP contribution in [0.3, 0.4) is 0 Å². The fraction of sp³-hybridized carbons (Fsp3) is 0.882. The Morgan fingerprint density at radius 3 is 2.45 bits per heavy atom. The summed E-state index contributed by atoms with van der Waals surface area (Å²) in [6.07, 6.45) is 6.89. The van der Waals surface area contributed by atoms with Crippen LogP contribution in [0.25, 0.3) is 0 Å². The molecule has 0 aromatic heterocycles. The van der Waals surface area contributed by atoms with Crippen molar-refractivity contribution in [3.8, 4) is 0 Å². The van der Waals surface area contributed by atoms with Crippen LogP contribution in [-0.4, -0.2) is 53.8 Å². The molecule has 5 nitrogen and oxygen atoms in total. The monoisotopic (exact) mass is 309 g/mol. The second kappa shape index (κ2) is 7.95. The van der Waals surface area contributed by atoms with Crippen molar-refractivity contribution in [1.29, 1.82) is 0 Å². The molecule has 2 aliphatic rings. The largest absolute Gasteiger partial charge is 0.369 e. The predicted octanol–water partition coefficient (Wildman–Crippen LogP) is 1.61. The summed E-state index contributed by atoms with van der Waals surface area (Å²) >= 11 is 0. The van der Waals surface area contributed by atoms with Gasteiger partial charge in [0.05, 0.1) is 0 Å². The van der Waals surface area contributed by atoms with E-state index in [2.05, 4.69) is 4.90 Å². The molecule has 126 valence electrons. The topological polar surface area (TPSA) is 66.6 Å². The van der Waals surface area contributed by atoms with Gasteiger partial charge in [-0.15, -0.1) is 0 Å². The summed E-state index contributed by atoms with van der Waals surface area (Å²) in [7, 11) is 0. The van der Waals surface area contributed by atoms with E-state index < -0.39 is 0 Å². The lowest BCUT2D eigenvalue weighted by atomic mass is 9.85. The maximum Gasteiger partial charge on any atom is 0.220 e. The van der Waals surface area contributed by atoms with Crippen molar-refractivity contribution < 1.29 is 9.59 Å². The summed E-state index contributed by atoms with van der Waals surface area (Å²) in [5.74, 6) is 0.408. The Morgan fingerprint density at radius 2 is 1.77 bits per heavy atom. The Kier molecular flexibility index (Phi) is 6.24. The molecule has 1 aliphatic carbocycles. The van der Waals surface area contributed by atoms with Gasteiger partial charge in [0, 0.05) is 45.1 Å². The molecule has 3 unspecified atom stereocenters. The van der Waals surface area contributed by atoms with Gasteiger partial charge in [0.25, 0.3) is 0 Å². The molecule has 1 saturated carbocycles. The zero-order valence-corrected chi connectivity index (χ0v) is 14.1. The maximum atomic E-state index is 11.6. The van der Waals surface area contributed by atoms with Crippen molar-refractivity contribution in [1.82, 2.24) is 9.80 Å². The van der Waals surface area contributed by atoms with Crippen molar-refractivity contribution >= 4 is 11.8 Å². The maximum absolute atomic E-state index is 11.6. The lowest BCUT2D eigenvalue weighted by Crippen LogP contribution is -2.41. The normalized spacial score (nSPS) is 29.5. The molecule has 2 fully saturated rings. The van der Waals surface area contributed by atoms with E-state index in [-0.39, 0.29) is 17.7 Å². The highest BCUT2D eigenvalue weighted by atomic mass is 16.2. The summed E-state index contributed by atoms with van der Waals surface area (Å²) in [4.78, 5) is 27.6. The summed E-state index contributed by atoms with van der Waals surface area (Å²) < 4.78 is 0. The number of carbonyl (C=O) groups is 2. The van der Waals surface area contributed by atoms with Gasteiger partial charge >= 0.3 is 0 Å². The molecule has 0 spiro atoms. The van der Waals surface area contributed by atoms with E-state index in [1.807, 2.05) is 11.8 Å². The minimum Gasteiger partial charge on any atom is -0.369 e. The lowest BCUT2D eigenvalue weighted by molar-refractivity contribution is -0.128. The average molecular weight is 309 g/mol. The third-order valence-electron chi connectivity index (χ3n) is 5.59. The van der Waals surface area contributed by atoms with E-state index in [1.165, 1.54) is 19.3 Å². The van der Waals surface area contributed by atoms with E-state index in [1.54, 1.807) is 6.92 Å². The van der Waals surface area contributed by atoms with Crippen LogP contribution >= 0.6 is 0 Å². The first-order chi connectivity index (χ1) is 10.5. The molecular formula is C17H31N3O2. The van der Waals surface area contributed by atoms with Gasteiger partial charge in [-0.1, -0.05) is 19.8 Å². The average Bonchev–Trinajstić information content (AvgIpc) is 2.86. The van der Waals surface area contributed by atoms with E-state index in [0.29, 0.717) is 12.0 Å². The standard InChI is InChI=1S/C17H31N3O2/c1-13(17(18)22)15-6-3-4-7-16(12-15)20-9-5-8-19(10-11-20)14(2)21/h13,15-16H,3-12H2,1-2H3,(H2,18,22). The van der Waals surface area contributed by atoms with Crippen LogP contribution in [0.5, 0.6) is 0 Å². The van der Waals surface area contributed by atoms with Crippen molar-refractivity contribution in [3.05, 3.63) is 0 Å². The van der Waals surface area contributed by atoms with Crippen molar-refractivity contribution in [2.75, 3.05) is 26.2 Å². The van der Waals surface area contributed by atoms with Gasteiger partial charge in [-0.3, -0.25) is 14.5 Å². The molecular weight excluding hydrogens is 278 g/mol. The third-order valence-corrected chi connectivity index (χ3v) is 5.59. The Morgan fingerprint density at radius 1 is 1.05 bits per heavy atom. The second-order valence-electron chi connectivity index (χ2n) is 7.02. The van der Waals surface area contributed by atoms with Gasteiger partial charge in [0.1, 0.15) is 0 Å². The number of nitrogens with zero attached hydrogens (tertiary/aromatic N) is 2. The zero-order valence-electron chi connectivity index (χ0n) is 14.1. The van der Waals surface area contributed by atoms with Crippen LogP contribution in [0.1, 0.15) is 52.4 Å². The van der Waals surface area contributed by atoms with Crippen LogP contribution in [0.2, 0.25) is 0 Å². The molecule has 1 aliphatic heterocycles. The van der Waals surface area contributed by atoms with Crippen molar-refractivity contribution in [2.24, 2.45) is 17.6 Å². The van der Waals surface area contributed by atoms with Gasteiger partial charge in [-0.05, 0) is 31.6 Å². The van der Waals surface area contributed by atoms with Crippen LogP contribution in [0, 0.1) is 11.8 Å². The summed E-state index contributed by atoms with van der Waals surface area (Å²) in [6, 6.07) is 0.543. The third kappa shape index (κ3) is 4.45. The molecule has 1 heterocycles. The Balaban J connectivity index is 1.97. The highest BCUT2D eigenvalue weighted by Crippen LogP contribution is 2.31. The molecule has 0 aromatic carbocycles. The fourth-order valence-electron chi connectivity index (χ4n) is 4.01. The molecule has 22 heavy (non-hydrogen) atoms. The fourth-order valence-corrected chi connectivity index (χ4v) is 4.01. The molecule has 0 radical (unpaired) electrons. The quantitative estimate of drug-likeness (QED) is 0.806. The highest BCUT2D eigenvalue weighted by Gasteiger charge is 2.31. The number of rotatable bonds is 3. The second-order valence-corrected chi connectivity index (χ2v) is 7.02. The molecule has 2 amide bonds. The Bertz CT molecular complexity index is 399. The molecule has 0 aromatic rings. The first kappa shape index (κ1) is 17.3. The molecule has 3 atom stereocenters. The zero-order chi connectivity index (χ0) is 16.1. The summed E-state index contributed by atoms with van der Waals surface area (Å²) in [5, 5.41) is 0. The number of amides is 2. The minimum atomic E-state index is -0.163. The number of primary amides is 1. The predicted molar refractivity (Wildman–Crippen MR) is 87.2 cm³/mol. The first-order valence-electron chi connectivity index (χ1n) is 8.78. The van der Waals surface area contributed by atoms with Gasteiger partial charge in [0.2, 0.25) is 11.8 Å². The summed E-state index contributed by atoms with van der Waals surface area (Å²) in [6.45, 7) is 7.37. The van der Waals surface area contributed by atoms with E-state index in [0.717, 1.165) is 45.4 Å². The van der Waals surface area contributed by atoms with Crippen molar-refractivity contribution in [2.45, 2.75) is 58.4 Å². The van der Waals surface area contributed by atoms with Gasteiger partial charge in [0.15, 0.2) is 0 Å². The minimum absolute atomic E-state index is 0.0266. The van der Waals surface area contributed by atoms with E-state index in [4.69, 9.17) is 5.73 Å².